The molecule has 0 amide bonds. The zero-order chi connectivity index (χ0) is 13.6. The van der Waals surface area contributed by atoms with Crippen LogP contribution in [0.4, 0.5) is 13.2 Å². The maximum absolute atomic E-state index is 12.2. The molecule has 1 saturated heterocycles. The van der Waals surface area contributed by atoms with Gasteiger partial charge in [-0.2, -0.15) is 13.2 Å². The SMILES string of the molecule is CCN(CCNC(C)C1CCCO1)CC(F)(F)F. The first-order chi connectivity index (χ1) is 8.42. The minimum Gasteiger partial charge on any atom is -0.377 e. The summed E-state index contributed by atoms with van der Waals surface area (Å²) >= 11 is 0. The summed E-state index contributed by atoms with van der Waals surface area (Å²) in [4.78, 5) is 1.40. The zero-order valence-corrected chi connectivity index (χ0v) is 11.1. The lowest BCUT2D eigenvalue weighted by Gasteiger charge is -2.24. The molecule has 0 aromatic rings. The molecule has 0 saturated carbocycles. The molecule has 2 unspecified atom stereocenters. The molecule has 1 aliphatic heterocycles. The largest absolute Gasteiger partial charge is 0.401 e. The van der Waals surface area contributed by atoms with Gasteiger partial charge < -0.3 is 10.1 Å². The third-order valence-electron chi connectivity index (χ3n) is 3.27. The Bertz CT molecular complexity index is 230. The van der Waals surface area contributed by atoms with Gasteiger partial charge in [0.05, 0.1) is 12.6 Å². The van der Waals surface area contributed by atoms with Crippen LogP contribution in [0.5, 0.6) is 0 Å². The van der Waals surface area contributed by atoms with Crippen molar-refractivity contribution in [1.82, 2.24) is 10.2 Å². The standard InChI is InChI=1S/C12H23F3N2O/c1-3-17(9-12(13,14)15)7-6-16-10(2)11-5-4-8-18-11/h10-11,16H,3-9H2,1-2H3. The Morgan fingerprint density at radius 1 is 1.44 bits per heavy atom. The predicted molar refractivity (Wildman–Crippen MR) is 64.6 cm³/mol. The molecule has 3 nitrogen and oxygen atoms in total. The van der Waals surface area contributed by atoms with Crippen molar-refractivity contribution in [3.63, 3.8) is 0 Å². The van der Waals surface area contributed by atoms with E-state index in [2.05, 4.69) is 5.32 Å². The van der Waals surface area contributed by atoms with E-state index >= 15 is 0 Å². The second-order valence-electron chi connectivity index (χ2n) is 4.78. The Balaban J connectivity index is 2.18. The monoisotopic (exact) mass is 268 g/mol. The van der Waals surface area contributed by atoms with Crippen molar-refractivity contribution >= 4 is 0 Å². The van der Waals surface area contributed by atoms with E-state index in [4.69, 9.17) is 4.74 Å². The van der Waals surface area contributed by atoms with Gasteiger partial charge in [-0.1, -0.05) is 6.92 Å². The highest BCUT2D eigenvalue weighted by atomic mass is 19.4. The van der Waals surface area contributed by atoms with Gasteiger partial charge in [-0.3, -0.25) is 4.90 Å². The van der Waals surface area contributed by atoms with Gasteiger partial charge in [-0.15, -0.1) is 0 Å². The van der Waals surface area contributed by atoms with E-state index in [9.17, 15) is 13.2 Å². The van der Waals surface area contributed by atoms with Crippen LogP contribution in [-0.2, 0) is 4.74 Å². The summed E-state index contributed by atoms with van der Waals surface area (Å²) in [6.45, 7) is 5.12. The lowest BCUT2D eigenvalue weighted by atomic mass is 10.1. The average Bonchev–Trinajstić information content (AvgIpc) is 2.79. The summed E-state index contributed by atoms with van der Waals surface area (Å²) in [6, 6.07) is 0.206. The van der Waals surface area contributed by atoms with Gasteiger partial charge in [-0.05, 0) is 26.3 Å². The smallest absolute Gasteiger partial charge is 0.377 e. The number of hydrogen-bond donors (Lipinski definition) is 1. The minimum absolute atomic E-state index is 0.206. The van der Waals surface area contributed by atoms with E-state index < -0.39 is 12.7 Å². The number of nitrogens with one attached hydrogen (secondary N) is 1. The molecule has 1 aliphatic rings. The highest BCUT2D eigenvalue weighted by molar-refractivity contribution is 4.77. The number of halogens is 3. The van der Waals surface area contributed by atoms with Crippen LogP contribution in [0, 0.1) is 0 Å². The molecule has 0 radical (unpaired) electrons. The number of ether oxygens (including phenoxy) is 1. The van der Waals surface area contributed by atoms with Gasteiger partial charge in [0.15, 0.2) is 0 Å². The van der Waals surface area contributed by atoms with Gasteiger partial charge in [-0.25, -0.2) is 0 Å². The third-order valence-corrected chi connectivity index (χ3v) is 3.27. The number of alkyl halides is 3. The summed E-state index contributed by atoms with van der Waals surface area (Å²) in [7, 11) is 0. The minimum atomic E-state index is -4.11. The van der Waals surface area contributed by atoms with Gasteiger partial charge in [0.1, 0.15) is 0 Å². The molecular weight excluding hydrogens is 245 g/mol. The van der Waals surface area contributed by atoms with E-state index in [0.29, 0.717) is 19.6 Å². The number of rotatable bonds is 7. The van der Waals surface area contributed by atoms with E-state index in [1.165, 1.54) is 4.90 Å². The van der Waals surface area contributed by atoms with E-state index in [1.54, 1.807) is 6.92 Å². The third kappa shape index (κ3) is 6.02. The molecule has 108 valence electrons. The average molecular weight is 268 g/mol. The molecule has 1 heterocycles. The number of nitrogens with zero attached hydrogens (tertiary/aromatic N) is 1. The highest BCUT2D eigenvalue weighted by Gasteiger charge is 2.30. The number of likely N-dealkylation sites (N-methyl/N-ethyl adjacent to an activating group) is 1. The van der Waals surface area contributed by atoms with Crippen LogP contribution in [0.15, 0.2) is 0 Å². The van der Waals surface area contributed by atoms with Crippen molar-refractivity contribution in [2.24, 2.45) is 0 Å². The van der Waals surface area contributed by atoms with Crippen molar-refractivity contribution in [3.8, 4) is 0 Å². The second kappa shape index (κ2) is 7.31. The van der Waals surface area contributed by atoms with Crippen molar-refractivity contribution < 1.29 is 17.9 Å². The molecule has 0 spiro atoms. The van der Waals surface area contributed by atoms with E-state index in [-0.39, 0.29) is 12.1 Å². The van der Waals surface area contributed by atoms with Crippen LogP contribution in [-0.4, -0.2) is 56.0 Å². The molecule has 1 rings (SSSR count). The first-order valence-electron chi connectivity index (χ1n) is 6.56. The summed E-state index contributed by atoms with van der Waals surface area (Å²) < 4.78 is 42.2. The maximum atomic E-state index is 12.2. The Labute approximate surface area is 107 Å². The topological polar surface area (TPSA) is 24.5 Å². The highest BCUT2D eigenvalue weighted by Crippen LogP contribution is 2.16. The van der Waals surface area contributed by atoms with Crippen LogP contribution >= 0.6 is 0 Å². The summed E-state index contributed by atoms with van der Waals surface area (Å²) in [5.41, 5.74) is 0. The first-order valence-corrected chi connectivity index (χ1v) is 6.56. The van der Waals surface area contributed by atoms with Crippen LogP contribution in [0.1, 0.15) is 26.7 Å². The van der Waals surface area contributed by atoms with E-state index in [1.807, 2.05) is 6.92 Å². The van der Waals surface area contributed by atoms with Crippen molar-refractivity contribution in [1.29, 1.82) is 0 Å². The molecule has 1 N–H and O–H groups in total. The van der Waals surface area contributed by atoms with Gasteiger partial charge in [0.25, 0.3) is 0 Å². The quantitative estimate of drug-likeness (QED) is 0.764. The first kappa shape index (κ1) is 15.7. The van der Waals surface area contributed by atoms with Crippen LogP contribution in [0.2, 0.25) is 0 Å². The Morgan fingerprint density at radius 3 is 2.67 bits per heavy atom. The van der Waals surface area contributed by atoms with Crippen molar-refractivity contribution in [2.75, 3.05) is 32.8 Å². The van der Waals surface area contributed by atoms with E-state index in [0.717, 1.165) is 19.4 Å². The fraction of sp³-hybridized carbons (Fsp3) is 1.00. The second-order valence-corrected chi connectivity index (χ2v) is 4.78. The molecule has 18 heavy (non-hydrogen) atoms. The normalized spacial score (nSPS) is 22.7. The summed E-state index contributed by atoms with van der Waals surface area (Å²) in [5, 5.41) is 3.24. The molecule has 0 aromatic carbocycles. The predicted octanol–water partition coefficient (Wildman–Crippen LogP) is 2.03. The molecule has 1 fully saturated rings. The lowest BCUT2D eigenvalue weighted by molar-refractivity contribution is -0.145. The lowest BCUT2D eigenvalue weighted by Crippen LogP contribution is -2.43. The molecule has 0 aliphatic carbocycles. The van der Waals surface area contributed by atoms with Gasteiger partial charge in [0.2, 0.25) is 0 Å². The molecule has 2 atom stereocenters. The fourth-order valence-electron chi connectivity index (χ4n) is 2.18. The van der Waals surface area contributed by atoms with Crippen LogP contribution < -0.4 is 5.32 Å². The summed E-state index contributed by atoms with van der Waals surface area (Å²) in [5.74, 6) is 0. The van der Waals surface area contributed by atoms with Gasteiger partial charge in [0, 0.05) is 25.7 Å². The Kier molecular flexibility index (Phi) is 6.38. The molecule has 0 bridgehead atoms. The van der Waals surface area contributed by atoms with Crippen LogP contribution in [0.3, 0.4) is 0 Å². The molecule has 0 aromatic heterocycles. The maximum Gasteiger partial charge on any atom is 0.401 e. The number of hydrogen-bond acceptors (Lipinski definition) is 3. The Hall–Kier alpha value is -0.330. The fourth-order valence-corrected chi connectivity index (χ4v) is 2.18. The molecule has 6 heteroatoms. The zero-order valence-electron chi connectivity index (χ0n) is 11.1. The Morgan fingerprint density at radius 2 is 2.17 bits per heavy atom. The van der Waals surface area contributed by atoms with Crippen LogP contribution in [0.25, 0.3) is 0 Å². The summed E-state index contributed by atoms with van der Waals surface area (Å²) in [6.07, 6.45) is -1.79. The van der Waals surface area contributed by atoms with Gasteiger partial charge >= 0.3 is 6.18 Å². The molecular formula is C12H23F3N2O. The van der Waals surface area contributed by atoms with Crippen molar-refractivity contribution in [2.45, 2.75) is 45.0 Å². The van der Waals surface area contributed by atoms with Crippen molar-refractivity contribution in [3.05, 3.63) is 0 Å².